The molecule has 0 aromatic carbocycles. The first-order valence-electron chi connectivity index (χ1n) is 10.1. The fourth-order valence-electron chi connectivity index (χ4n) is 3.42. The van der Waals surface area contributed by atoms with Crippen molar-refractivity contribution >= 4 is 22.9 Å². The average molecular weight is 546 g/mol. The Hall–Kier alpha value is -2.93. The Balaban J connectivity index is 0.00000408. The summed E-state index contributed by atoms with van der Waals surface area (Å²) in [4.78, 5) is 24.3. The monoisotopic (exact) mass is 545 g/mol. The van der Waals surface area contributed by atoms with Crippen LogP contribution in [-0.2, 0) is 38.0 Å². The molecule has 3 aromatic heterocycles. The van der Waals surface area contributed by atoms with Crippen molar-refractivity contribution in [2.24, 2.45) is 19.8 Å². The second-order valence-corrected chi connectivity index (χ2v) is 8.64. The molecular formula is C21H27BrF3N7O2. The van der Waals surface area contributed by atoms with Crippen LogP contribution in [0.5, 0.6) is 0 Å². The van der Waals surface area contributed by atoms with Gasteiger partial charge >= 0.3 is 6.18 Å². The van der Waals surface area contributed by atoms with Crippen LogP contribution in [0.4, 0.5) is 13.2 Å². The highest BCUT2D eigenvalue weighted by Crippen LogP contribution is 2.32. The highest BCUT2D eigenvalue weighted by molar-refractivity contribution is 8.93. The molecule has 0 radical (unpaired) electrons. The number of nitrogens with two attached hydrogens (primary N) is 1. The van der Waals surface area contributed by atoms with E-state index in [9.17, 15) is 22.8 Å². The van der Waals surface area contributed by atoms with Crippen molar-refractivity contribution < 1.29 is 18.0 Å². The number of amides is 1. The van der Waals surface area contributed by atoms with Crippen LogP contribution >= 0.6 is 17.0 Å². The second kappa shape index (κ2) is 10.1. The maximum absolute atomic E-state index is 13.4. The van der Waals surface area contributed by atoms with Crippen molar-refractivity contribution in [3.63, 3.8) is 0 Å². The number of carbonyl (C=O) groups excluding carboxylic acids is 1. The van der Waals surface area contributed by atoms with E-state index in [2.05, 4.69) is 15.5 Å². The van der Waals surface area contributed by atoms with E-state index >= 15 is 0 Å². The number of aromatic nitrogens is 5. The van der Waals surface area contributed by atoms with Gasteiger partial charge in [0, 0.05) is 38.1 Å². The van der Waals surface area contributed by atoms with Crippen molar-refractivity contribution in [3.05, 3.63) is 58.4 Å². The molecule has 0 fully saturated rings. The van der Waals surface area contributed by atoms with Crippen LogP contribution in [0.1, 0.15) is 25.1 Å². The maximum Gasteiger partial charge on any atom is 0.435 e. The summed E-state index contributed by atoms with van der Waals surface area (Å²) in [7, 11) is 3.25. The van der Waals surface area contributed by atoms with Crippen molar-refractivity contribution in [2.45, 2.75) is 44.6 Å². The minimum Gasteiger partial charge on any atom is -0.348 e. The van der Waals surface area contributed by atoms with Crippen molar-refractivity contribution in [1.82, 2.24) is 29.4 Å². The summed E-state index contributed by atoms with van der Waals surface area (Å²) in [6.07, 6.45) is 0.408. The fraction of sp³-hybridized carbons (Fsp3) is 0.429. The molecule has 9 nitrogen and oxygen atoms in total. The minimum absolute atomic E-state index is 0. The number of hydrogen-bond donors (Lipinski definition) is 2. The number of pyridine rings is 1. The number of rotatable bonds is 7. The molecule has 0 aliphatic heterocycles. The van der Waals surface area contributed by atoms with Gasteiger partial charge in [0.25, 0.3) is 0 Å². The zero-order valence-corrected chi connectivity index (χ0v) is 20.8. The molecule has 3 N–H and O–H groups in total. The first-order valence-corrected chi connectivity index (χ1v) is 10.1. The predicted octanol–water partition coefficient (Wildman–Crippen LogP) is 2.04. The van der Waals surface area contributed by atoms with Gasteiger partial charge in [0.15, 0.2) is 5.69 Å². The number of halogens is 4. The molecule has 3 aromatic rings. The first kappa shape index (κ1) is 27.3. The predicted molar refractivity (Wildman–Crippen MR) is 125 cm³/mol. The molecule has 0 saturated heterocycles. The Kier molecular flexibility index (Phi) is 8.14. The molecule has 1 atom stereocenters. The molecule has 0 unspecified atom stereocenters. The van der Waals surface area contributed by atoms with Crippen LogP contribution in [0.2, 0.25) is 0 Å². The second-order valence-electron chi connectivity index (χ2n) is 8.64. The van der Waals surface area contributed by atoms with Crippen LogP contribution in [-0.4, -0.2) is 41.6 Å². The number of aryl methyl sites for hydroxylation is 2. The van der Waals surface area contributed by atoms with Crippen LogP contribution in [0.25, 0.3) is 11.3 Å². The van der Waals surface area contributed by atoms with E-state index in [-0.39, 0.29) is 41.2 Å². The third kappa shape index (κ3) is 6.56. The van der Waals surface area contributed by atoms with Gasteiger partial charge in [-0.1, -0.05) is 0 Å². The lowest BCUT2D eigenvalue weighted by Gasteiger charge is -2.28. The molecule has 0 bridgehead atoms. The van der Waals surface area contributed by atoms with Crippen molar-refractivity contribution in [2.75, 3.05) is 0 Å². The summed E-state index contributed by atoms with van der Waals surface area (Å²) in [5.74, 6) is -0.448. The summed E-state index contributed by atoms with van der Waals surface area (Å²) in [5, 5.41) is 10.6. The van der Waals surface area contributed by atoms with Gasteiger partial charge in [-0.05, 0) is 38.0 Å². The summed E-state index contributed by atoms with van der Waals surface area (Å²) < 4.78 is 44.2. The lowest BCUT2D eigenvalue weighted by atomic mass is 10.0. The normalized spacial score (nSPS) is 12.8. The first-order chi connectivity index (χ1) is 15.2. The van der Waals surface area contributed by atoms with Gasteiger partial charge < -0.3 is 15.6 Å². The Morgan fingerprint density at radius 2 is 1.88 bits per heavy atom. The number of nitrogens with zero attached hydrogens (tertiary/aromatic N) is 5. The summed E-state index contributed by atoms with van der Waals surface area (Å²) >= 11 is 0. The third-order valence-corrected chi connectivity index (χ3v) is 5.01. The Bertz CT molecular complexity index is 1210. The van der Waals surface area contributed by atoms with E-state index in [0.717, 1.165) is 11.6 Å². The van der Waals surface area contributed by atoms with Crippen LogP contribution in [0.3, 0.4) is 0 Å². The van der Waals surface area contributed by atoms with Gasteiger partial charge in [-0.2, -0.15) is 23.4 Å². The molecule has 0 aliphatic carbocycles. The van der Waals surface area contributed by atoms with Gasteiger partial charge in [-0.15, -0.1) is 17.0 Å². The Labute approximate surface area is 204 Å². The molecule has 13 heteroatoms. The maximum atomic E-state index is 13.4. The lowest BCUT2D eigenvalue weighted by molar-refractivity contribution is -0.141. The number of alkyl halides is 3. The Morgan fingerprint density at radius 3 is 2.44 bits per heavy atom. The summed E-state index contributed by atoms with van der Waals surface area (Å²) in [6.45, 7) is 3.27. The van der Waals surface area contributed by atoms with Crippen LogP contribution in [0, 0.1) is 0 Å². The number of hydrogen-bond acceptors (Lipinski definition) is 5. The topological polar surface area (TPSA) is 113 Å². The zero-order chi connectivity index (χ0) is 24.6. The highest BCUT2D eigenvalue weighted by Gasteiger charge is 2.36. The standard InChI is InChI=1S/C21H26F3N7O2.BrH/c1-20(2,27-19(33)15(25)7-13-9-26-30(4)10-13)12-31-16(8-17(28-31)21(22,23)24)14-5-6-18(32)29(3)11-14;/h5-6,8-11,15H,7,12,25H2,1-4H3,(H,27,33);1H/t15-;/m1./s1. The molecule has 3 rings (SSSR count). The molecule has 0 aliphatic rings. The highest BCUT2D eigenvalue weighted by atomic mass is 79.9. The zero-order valence-electron chi connectivity index (χ0n) is 19.1. The van der Waals surface area contributed by atoms with Gasteiger partial charge in [0.1, 0.15) is 0 Å². The van der Waals surface area contributed by atoms with Crippen LogP contribution in [0.15, 0.2) is 41.6 Å². The largest absolute Gasteiger partial charge is 0.435 e. The lowest BCUT2D eigenvalue weighted by Crippen LogP contribution is -2.53. The molecule has 34 heavy (non-hydrogen) atoms. The summed E-state index contributed by atoms with van der Waals surface area (Å²) in [6, 6.07) is 2.77. The molecular weight excluding hydrogens is 519 g/mol. The molecule has 186 valence electrons. The molecule has 3 heterocycles. The Morgan fingerprint density at radius 1 is 1.21 bits per heavy atom. The molecule has 0 spiro atoms. The average Bonchev–Trinajstić information content (AvgIpc) is 3.29. The van der Waals surface area contributed by atoms with Gasteiger partial charge in [-0.25, -0.2) is 0 Å². The third-order valence-electron chi connectivity index (χ3n) is 5.01. The quantitative estimate of drug-likeness (QED) is 0.471. The van der Waals surface area contributed by atoms with Gasteiger partial charge in [-0.3, -0.25) is 19.0 Å². The van der Waals surface area contributed by atoms with E-state index in [1.54, 1.807) is 38.0 Å². The van der Waals surface area contributed by atoms with E-state index in [1.165, 1.54) is 34.6 Å². The van der Waals surface area contributed by atoms with Gasteiger partial charge in [0.2, 0.25) is 11.5 Å². The van der Waals surface area contributed by atoms with Crippen molar-refractivity contribution in [3.8, 4) is 11.3 Å². The van der Waals surface area contributed by atoms with E-state index in [0.29, 0.717) is 5.56 Å². The smallest absolute Gasteiger partial charge is 0.348 e. The van der Waals surface area contributed by atoms with E-state index < -0.39 is 29.4 Å². The summed E-state index contributed by atoms with van der Waals surface area (Å²) in [5.41, 5.74) is 5.02. The molecule has 0 saturated carbocycles. The van der Waals surface area contributed by atoms with E-state index in [1.807, 2.05) is 0 Å². The molecule has 1 amide bonds. The van der Waals surface area contributed by atoms with Crippen molar-refractivity contribution in [1.29, 1.82) is 0 Å². The van der Waals surface area contributed by atoms with Crippen LogP contribution < -0.4 is 16.6 Å². The fourth-order valence-corrected chi connectivity index (χ4v) is 3.42. The number of nitrogens with one attached hydrogen (secondary N) is 1. The minimum atomic E-state index is -4.65. The number of carbonyl (C=O) groups is 1. The van der Waals surface area contributed by atoms with Gasteiger partial charge in [0.05, 0.1) is 30.0 Å². The SMILES string of the molecule is Br.Cn1cc(C[C@@H](N)C(=O)NC(C)(C)Cn2nc(C(F)(F)F)cc2-c2ccc(=O)n(C)c2)cn1. The van der Waals surface area contributed by atoms with E-state index in [4.69, 9.17) is 5.73 Å².